The fraction of sp³-hybridized carbons (Fsp3) is 0.476. The zero-order valence-electron chi connectivity index (χ0n) is 16.8. The molecule has 0 saturated heterocycles. The number of carbonyl (C=O) groups excluding carboxylic acids is 1. The van der Waals surface area contributed by atoms with E-state index in [1.807, 2.05) is 6.92 Å². The van der Waals surface area contributed by atoms with Crippen LogP contribution in [0.15, 0.2) is 12.1 Å². The molecule has 0 bridgehead atoms. The van der Waals surface area contributed by atoms with Crippen molar-refractivity contribution in [3.8, 4) is 11.1 Å². The molecule has 0 aliphatic heterocycles. The van der Waals surface area contributed by atoms with Gasteiger partial charge in [0.25, 0.3) is 0 Å². The minimum Gasteiger partial charge on any atom is -0.461 e. The van der Waals surface area contributed by atoms with Crippen LogP contribution in [0.1, 0.15) is 60.3 Å². The maximum Gasteiger partial charge on any atom is 0.356 e. The van der Waals surface area contributed by atoms with Crippen molar-refractivity contribution in [2.45, 2.75) is 52.9 Å². The Bertz CT molecular complexity index is 835. The maximum absolute atomic E-state index is 12.4. The number of rotatable bonds is 11. The lowest BCUT2D eigenvalue weighted by Gasteiger charge is -2.16. The lowest BCUT2D eigenvalue weighted by atomic mass is 9.93. The largest absolute Gasteiger partial charge is 0.461 e. The number of aliphatic hydroxyl groups excluding tert-OH is 3. The molecule has 160 valence electrons. The fourth-order valence-electron chi connectivity index (χ4n) is 3.16. The van der Waals surface area contributed by atoms with Crippen LogP contribution in [-0.4, -0.2) is 39.4 Å². The van der Waals surface area contributed by atoms with Crippen molar-refractivity contribution in [1.82, 2.24) is 4.98 Å². The van der Waals surface area contributed by atoms with E-state index in [0.29, 0.717) is 46.6 Å². The van der Waals surface area contributed by atoms with Crippen LogP contribution in [0.5, 0.6) is 0 Å². The highest BCUT2D eigenvalue weighted by molar-refractivity contribution is 6.37. The summed E-state index contributed by atoms with van der Waals surface area (Å²) in [7, 11) is 0. The van der Waals surface area contributed by atoms with E-state index in [4.69, 9.17) is 16.3 Å². The molecule has 0 spiro atoms. The Morgan fingerprint density at radius 3 is 2.41 bits per heavy atom. The number of esters is 1. The third-order valence-corrected chi connectivity index (χ3v) is 5.07. The summed E-state index contributed by atoms with van der Waals surface area (Å²) in [5, 5.41) is 32.8. The highest BCUT2D eigenvalue weighted by Gasteiger charge is 2.25. The van der Waals surface area contributed by atoms with E-state index in [0.717, 1.165) is 12.8 Å². The number of nitrogens with one attached hydrogen (secondary N) is 2. The molecule has 0 atom stereocenters. The molecule has 0 radical (unpaired) electrons. The van der Waals surface area contributed by atoms with Crippen LogP contribution in [0.4, 0.5) is 5.82 Å². The van der Waals surface area contributed by atoms with E-state index in [1.54, 1.807) is 12.1 Å². The predicted molar refractivity (Wildman–Crippen MR) is 113 cm³/mol. The van der Waals surface area contributed by atoms with Gasteiger partial charge in [0.05, 0.1) is 31.5 Å². The highest BCUT2D eigenvalue weighted by atomic mass is 35.5. The number of aromatic nitrogens is 1. The summed E-state index contributed by atoms with van der Waals surface area (Å²) < 4.78 is 5.22. The van der Waals surface area contributed by atoms with Gasteiger partial charge in [0.2, 0.25) is 0 Å². The molecule has 1 heterocycles. The summed E-state index contributed by atoms with van der Waals surface area (Å²) in [6.45, 7) is 3.96. The van der Waals surface area contributed by atoms with Crippen LogP contribution in [0.2, 0.25) is 5.02 Å². The summed E-state index contributed by atoms with van der Waals surface area (Å²) in [5.74, 6) is -0.0104. The normalized spacial score (nSPS) is 11.0. The van der Waals surface area contributed by atoms with Crippen LogP contribution in [0.3, 0.4) is 0 Å². The summed E-state index contributed by atoms with van der Waals surface area (Å²) in [5.41, 5.74) is 2.65. The van der Waals surface area contributed by atoms with E-state index < -0.39 is 5.97 Å². The Labute approximate surface area is 175 Å². The van der Waals surface area contributed by atoms with Crippen molar-refractivity contribution in [3.63, 3.8) is 0 Å². The van der Waals surface area contributed by atoms with Gasteiger partial charge in [0.1, 0.15) is 11.5 Å². The van der Waals surface area contributed by atoms with Gasteiger partial charge in [-0.3, -0.25) is 0 Å². The first-order valence-corrected chi connectivity index (χ1v) is 10.2. The number of benzene rings is 1. The third-order valence-electron chi connectivity index (χ3n) is 4.70. The Hall–Kier alpha value is -2.06. The van der Waals surface area contributed by atoms with Crippen LogP contribution in [0, 0.1) is 0 Å². The minimum absolute atomic E-state index is 0.134. The standard InChI is InChI=1S/C21H29ClN2O5/c1-3-5-8-23-20-17(18(22)19(24-20)21(28)29-9-4-2)14-7-6-13(10-25)15(11-26)16(14)12-27/h6-7,23-27H,3-5,8-12H2,1-2H3. The molecule has 1 aromatic carbocycles. The molecule has 0 aliphatic rings. The van der Waals surface area contributed by atoms with E-state index in [9.17, 15) is 20.1 Å². The predicted octanol–water partition coefficient (Wildman–Crippen LogP) is 3.59. The smallest absolute Gasteiger partial charge is 0.356 e. The van der Waals surface area contributed by atoms with Gasteiger partial charge in [0, 0.05) is 12.1 Å². The quantitative estimate of drug-likeness (QED) is 0.278. The number of anilines is 1. The number of aliphatic hydroxyl groups is 3. The minimum atomic E-state index is -0.554. The second-order valence-corrected chi connectivity index (χ2v) is 7.06. The molecule has 2 aromatic rings. The molecule has 29 heavy (non-hydrogen) atoms. The molecule has 0 saturated carbocycles. The first kappa shape index (κ1) is 23.2. The third kappa shape index (κ3) is 5.11. The topological polar surface area (TPSA) is 115 Å². The van der Waals surface area contributed by atoms with Crippen molar-refractivity contribution in [2.75, 3.05) is 18.5 Å². The number of ether oxygens (including phenoxy) is 1. The Balaban J connectivity index is 2.63. The molecule has 0 amide bonds. The number of hydrogen-bond donors (Lipinski definition) is 5. The lowest BCUT2D eigenvalue weighted by Crippen LogP contribution is -2.07. The number of unbranched alkanes of at least 4 members (excludes halogenated alkanes) is 1. The number of H-pyrrole nitrogens is 1. The van der Waals surface area contributed by atoms with Gasteiger partial charge in [-0.25, -0.2) is 4.79 Å². The second kappa shape index (κ2) is 11.2. The first-order valence-electron chi connectivity index (χ1n) is 9.82. The van der Waals surface area contributed by atoms with Crippen molar-refractivity contribution in [1.29, 1.82) is 0 Å². The van der Waals surface area contributed by atoms with Gasteiger partial charge < -0.3 is 30.4 Å². The fourth-order valence-corrected chi connectivity index (χ4v) is 3.48. The molecule has 1 aromatic heterocycles. The van der Waals surface area contributed by atoms with Crippen LogP contribution >= 0.6 is 11.6 Å². The van der Waals surface area contributed by atoms with Crippen LogP contribution in [0.25, 0.3) is 11.1 Å². The van der Waals surface area contributed by atoms with E-state index in [2.05, 4.69) is 17.2 Å². The lowest BCUT2D eigenvalue weighted by molar-refractivity contribution is 0.0499. The monoisotopic (exact) mass is 424 g/mol. The van der Waals surface area contributed by atoms with Crippen LogP contribution in [-0.2, 0) is 24.6 Å². The van der Waals surface area contributed by atoms with Crippen molar-refractivity contribution < 1.29 is 24.9 Å². The van der Waals surface area contributed by atoms with Gasteiger partial charge in [0.15, 0.2) is 0 Å². The number of carbonyl (C=O) groups is 1. The highest BCUT2D eigenvalue weighted by Crippen LogP contribution is 2.41. The first-order chi connectivity index (χ1) is 14.0. The summed E-state index contributed by atoms with van der Waals surface area (Å²) >= 11 is 6.58. The summed E-state index contributed by atoms with van der Waals surface area (Å²) in [6.07, 6.45) is 2.60. The van der Waals surface area contributed by atoms with Crippen LogP contribution < -0.4 is 5.32 Å². The van der Waals surface area contributed by atoms with Crippen molar-refractivity contribution in [3.05, 3.63) is 39.5 Å². The van der Waals surface area contributed by atoms with Gasteiger partial charge in [-0.05, 0) is 35.1 Å². The molecule has 0 unspecified atom stereocenters. The SMILES string of the molecule is CCCCNc1[nH]c(C(=O)OCCC)c(Cl)c1-c1ccc(CO)c(CO)c1CO. The molecular formula is C21H29ClN2O5. The molecule has 5 N–H and O–H groups in total. The molecule has 7 nitrogen and oxygen atoms in total. The Kier molecular flexibility index (Phi) is 8.98. The second-order valence-electron chi connectivity index (χ2n) is 6.68. The molecule has 0 aliphatic carbocycles. The molecule has 8 heteroatoms. The van der Waals surface area contributed by atoms with E-state index in [-0.39, 0.29) is 37.1 Å². The van der Waals surface area contributed by atoms with E-state index in [1.165, 1.54) is 0 Å². The molecular weight excluding hydrogens is 396 g/mol. The van der Waals surface area contributed by atoms with Gasteiger partial charge >= 0.3 is 5.97 Å². The van der Waals surface area contributed by atoms with Gasteiger partial charge in [-0.1, -0.05) is 44.0 Å². The van der Waals surface area contributed by atoms with E-state index >= 15 is 0 Å². The van der Waals surface area contributed by atoms with Crippen molar-refractivity contribution >= 4 is 23.4 Å². The zero-order valence-corrected chi connectivity index (χ0v) is 17.6. The summed E-state index contributed by atoms with van der Waals surface area (Å²) in [6, 6.07) is 3.39. The zero-order chi connectivity index (χ0) is 21.4. The Morgan fingerprint density at radius 1 is 1.10 bits per heavy atom. The van der Waals surface area contributed by atoms with Crippen molar-refractivity contribution in [2.24, 2.45) is 0 Å². The van der Waals surface area contributed by atoms with Gasteiger partial charge in [-0.15, -0.1) is 0 Å². The maximum atomic E-state index is 12.4. The average molecular weight is 425 g/mol. The average Bonchev–Trinajstić information content (AvgIpc) is 3.06. The molecule has 0 fully saturated rings. The number of hydrogen-bond acceptors (Lipinski definition) is 6. The van der Waals surface area contributed by atoms with Gasteiger partial charge in [-0.2, -0.15) is 0 Å². The number of halogens is 1. The number of aromatic amines is 1. The summed E-state index contributed by atoms with van der Waals surface area (Å²) in [4.78, 5) is 15.5. The Morgan fingerprint density at radius 2 is 1.83 bits per heavy atom. The molecule has 2 rings (SSSR count).